The zero-order chi connectivity index (χ0) is 30.2. The summed E-state index contributed by atoms with van der Waals surface area (Å²) in [6.45, 7) is 24.5. The highest BCUT2D eigenvalue weighted by atomic mass is 16.9. The van der Waals surface area contributed by atoms with Crippen LogP contribution in [0.1, 0.15) is 83.1 Å². The van der Waals surface area contributed by atoms with Gasteiger partial charge in [0.1, 0.15) is 12.7 Å². The molecule has 2 rings (SSSR count). The number of fused-ring (bicyclic) bond motifs is 1. The van der Waals surface area contributed by atoms with Gasteiger partial charge in [-0.2, -0.15) is 0 Å². The molecule has 1 unspecified atom stereocenters. The molecule has 0 N–H and O–H groups in total. The van der Waals surface area contributed by atoms with Crippen molar-refractivity contribution in [2.45, 2.75) is 120 Å². The molecule has 0 radical (unpaired) electrons. The lowest BCUT2D eigenvalue weighted by Crippen LogP contribution is -2.61. The number of hydrogen-bond acceptors (Lipinski definition) is 10. The van der Waals surface area contributed by atoms with Crippen LogP contribution in [0.3, 0.4) is 0 Å². The molecule has 0 aliphatic carbocycles. The largest absolute Gasteiger partial charge is 0.462 e. The van der Waals surface area contributed by atoms with E-state index in [0.717, 1.165) is 0 Å². The van der Waals surface area contributed by atoms with E-state index in [1.807, 2.05) is 20.8 Å². The van der Waals surface area contributed by atoms with Crippen molar-refractivity contribution in [3.8, 4) is 0 Å². The molecule has 2 aliphatic rings. The number of ether oxygens (including phenoxy) is 7. The van der Waals surface area contributed by atoms with E-state index in [-0.39, 0.29) is 13.2 Å². The lowest BCUT2D eigenvalue weighted by Gasteiger charge is -2.42. The molecule has 2 fully saturated rings. The summed E-state index contributed by atoms with van der Waals surface area (Å²) in [7, 11) is 0. The predicted molar refractivity (Wildman–Crippen MR) is 142 cm³/mol. The maximum absolute atomic E-state index is 13.2. The highest BCUT2D eigenvalue weighted by Gasteiger charge is 2.64. The number of esters is 3. The van der Waals surface area contributed by atoms with Crippen LogP contribution in [-0.4, -0.2) is 67.8 Å². The smallest absolute Gasteiger partial charge is 0.311 e. The van der Waals surface area contributed by atoms with Gasteiger partial charge in [0, 0.05) is 5.41 Å². The summed E-state index contributed by atoms with van der Waals surface area (Å²) in [5, 5.41) is 0. The molecule has 224 valence electrons. The zero-order valence-electron chi connectivity index (χ0n) is 25.7. The topological polar surface area (TPSA) is 116 Å². The normalized spacial score (nSPS) is 29.8. The Bertz CT molecular complexity index is 914. The average Bonchev–Trinajstić information content (AvgIpc) is 3.15. The molecule has 0 amide bonds. The van der Waals surface area contributed by atoms with E-state index in [0.29, 0.717) is 0 Å². The summed E-state index contributed by atoms with van der Waals surface area (Å²) in [4.78, 5) is 38.9. The first-order valence-corrected chi connectivity index (χ1v) is 13.4. The molecular formula is C29H48O10. The van der Waals surface area contributed by atoms with Gasteiger partial charge in [0.2, 0.25) is 0 Å². The third kappa shape index (κ3) is 7.80. The van der Waals surface area contributed by atoms with E-state index in [4.69, 9.17) is 33.2 Å². The van der Waals surface area contributed by atoms with Crippen molar-refractivity contribution in [3.05, 3.63) is 12.7 Å². The summed E-state index contributed by atoms with van der Waals surface area (Å²) in [6, 6.07) is 0. The van der Waals surface area contributed by atoms with Crippen molar-refractivity contribution >= 4 is 17.9 Å². The van der Waals surface area contributed by atoms with E-state index >= 15 is 0 Å². The van der Waals surface area contributed by atoms with Gasteiger partial charge >= 0.3 is 17.9 Å². The van der Waals surface area contributed by atoms with Gasteiger partial charge in [-0.1, -0.05) is 26.8 Å². The molecule has 2 aliphatic heterocycles. The van der Waals surface area contributed by atoms with Crippen molar-refractivity contribution in [1.29, 1.82) is 0 Å². The molecule has 10 nitrogen and oxygen atoms in total. The third-order valence-corrected chi connectivity index (χ3v) is 6.17. The van der Waals surface area contributed by atoms with Crippen LogP contribution in [0, 0.1) is 21.7 Å². The van der Waals surface area contributed by atoms with Gasteiger partial charge in [0.15, 0.2) is 24.6 Å². The first-order valence-electron chi connectivity index (χ1n) is 13.4. The van der Waals surface area contributed by atoms with E-state index < -0.39 is 76.2 Å². The Hall–Kier alpha value is -2.01. The molecule has 0 aromatic rings. The fourth-order valence-electron chi connectivity index (χ4n) is 3.65. The third-order valence-electron chi connectivity index (χ3n) is 6.17. The minimum absolute atomic E-state index is 0.109. The van der Waals surface area contributed by atoms with Gasteiger partial charge in [-0.15, -0.1) is 6.58 Å². The van der Waals surface area contributed by atoms with Crippen molar-refractivity contribution in [1.82, 2.24) is 0 Å². The first-order chi connectivity index (χ1) is 17.5. The van der Waals surface area contributed by atoms with Crippen LogP contribution in [0.5, 0.6) is 0 Å². The Morgan fingerprint density at radius 1 is 0.769 bits per heavy atom. The maximum Gasteiger partial charge on any atom is 0.311 e. The molecule has 2 saturated heterocycles. The summed E-state index contributed by atoms with van der Waals surface area (Å²) >= 11 is 0. The van der Waals surface area contributed by atoms with E-state index in [9.17, 15) is 14.4 Å². The lowest BCUT2D eigenvalue weighted by atomic mass is 9.92. The van der Waals surface area contributed by atoms with Crippen LogP contribution in [0.25, 0.3) is 0 Å². The van der Waals surface area contributed by atoms with Crippen LogP contribution < -0.4 is 0 Å². The molecule has 2 heterocycles. The fraction of sp³-hybridized carbons (Fsp3) is 0.828. The minimum atomic E-state index is -1.60. The van der Waals surface area contributed by atoms with Gasteiger partial charge in [0.05, 0.1) is 22.9 Å². The van der Waals surface area contributed by atoms with E-state index in [2.05, 4.69) is 6.58 Å². The average molecular weight is 557 g/mol. The summed E-state index contributed by atoms with van der Waals surface area (Å²) in [5.41, 5.74) is -3.25. The van der Waals surface area contributed by atoms with Gasteiger partial charge in [-0.3, -0.25) is 19.1 Å². The number of carbonyl (C=O) groups excluding carboxylic acids is 3. The van der Waals surface area contributed by atoms with Crippen molar-refractivity contribution < 1.29 is 47.5 Å². The lowest BCUT2D eigenvalue weighted by molar-refractivity contribution is -0.394. The second kappa shape index (κ2) is 11.5. The molecular weight excluding hydrogens is 508 g/mol. The van der Waals surface area contributed by atoms with Gasteiger partial charge in [-0.05, 0) is 62.3 Å². The van der Waals surface area contributed by atoms with Crippen molar-refractivity contribution in [2.75, 3.05) is 13.2 Å². The zero-order valence-corrected chi connectivity index (χ0v) is 25.7. The summed E-state index contributed by atoms with van der Waals surface area (Å²) in [5.74, 6) is -3.17. The van der Waals surface area contributed by atoms with Crippen molar-refractivity contribution in [2.24, 2.45) is 21.7 Å². The number of rotatable bonds is 7. The molecule has 0 saturated carbocycles. The van der Waals surface area contributed by atoms with Crippen LogP contribution >= 0.6 is 0 Å². The molecule has 6 atom stereocenters. The highest BCUT2D eigenvalue weighted by molar-refractivity contribution is 5.77. The standard InChI is InChI=1S/C29H48O10/c1-14-15-34-29(28(11,12)13)38-20-19(37-24(32)27(8,9)10)18(36-23(31)26(5,6)7)17(35-21(20)39-29)16-33-22(30)25(2,3)4/h14,17-21H,1,15-16H2,2-13H3/t17-,18+,19+,20-,21-,29?/m1/s1. The van der Waals surface area contributed by atoms with E-state index in [1.165, 1.54) is 0 Å². The minimum Gasteiger partial charge on any atom is -0.462 e. The molecule has 10 heteroatoms. The second-order valence-corrected chi connectivity index (χ2v) is 14.2. The Kier molecular flexibility index (Phi) is 9.76. The van der Waals surface area contributed by atoms with E-state index in [1.54, 1.807) is 68.4 Å². The Balaban J connectivity index is 2.58. The van der Waals surface area contributed by atoms with Gasteiger partial charge < -0.3 is 28.4 Å². The molecule has 39 heavy (non-hydrogen) atoms. The van der Waals surface area contributed by atoms with Gasteiger partial charge in [0.25, 0.3) is 5.97 Å². The first kappa shape index (κ1) is 33.2. The molecule has 0 bridgehead atoms. The molecule has 0 aromatic heterocycles. The van der Waals surface area contributed by atoms with Crippen LogP contribution in [0.4, 0.5) is 0 Å². The summed E-state index contributed by atoms with van der Waals surface area (Å²) in [6.07, 6.45) is -3.90. The molecule has 0 aromatic carbocycles. The Labute approximate surface area is 233 Å². The number of carbonyl (C=O) groups is 3. The predicted octanol–water partition coefficient (Wildman–Crippen LogP) is 4.53. The quantitative estimate of drug-likeness (QED) is 0.251. The monoisotopic (exact) mass is 556 g/mol. The van der Waals surface area contributed by atoms with Crippen molar-refractivity contribution in [3.63, 3.8) is 0 Å². The maximum atomic E-state index is 13.2. The van der Waals surface area contributed by atoms with Crippen LogP contribution in [0.2, 0.25) is 0 Å². The van der Waals surface area contributed by atoms with Gasteiger partial charge in [-0.25, -0.2) is 0 Å². The number of hydrogen-bond donors (Lipinski definition) is 0. The Morgan fingerprint density at radius 2 is 1.26 bits per heavy atom. The Morgan fingerprint density at radius 3 is 1.69 bits per heavy atom. The SMILES string of the molecule is C=CCOC1(C(C)(C)C)O[C@H]2O[C@H](COC(=O)C(C)(C)C)[C@H](OC(=O)C(C)(C)C)[C@H](OC(=O)C(C)(C)C)[C@H]2O1. The highest BCUT2D eigenvalue weighted by Crippen LogP contribution is 2.48. The summed E-state index contributed by atoms with van der Waals surface area (Å²) < 4.78 is 42.3. The van der Waals surface area contributed by atoms with Crippen LogP contribution in [0.15, 0.2) is 12.7 Å². The van der Waals surface area contributed by atoms with Crippen LogP contribution in [-0.2, 0) is 47.5 Å². The molecule has 0 spiro atoms. The fourth-order valence-corrected chi connectivity index (χ4v) is 3.65. The second-order valence-electron chi connectivity index (χ2n) is 14.2.